The molecule has 1 aromatic rings. The van der Waals surface area contributed by atoms with Crippen LogP contribution in [0.4, 0.5) is 0 Å². The molecule has 0 atom stereocenters. The van der Waals surface area contributed by atoms with Gasteiger partial charge in [-0.3, -0.25) is 0 Å². The lowest BCUT2D eigenvalue weighted by Gasteiger charge is -2.34. The molecule has 2 rings (SSSR count). The van der Waals surface area contributed by atoms with E-state index in [4.69, 9.17) is 16.3 Å². The highest BCUT2D eigenvalue weighted by atomic mass is 35.5. The van der Waals surface area contributed by atoms with Gasteiger partial charge in [-0.05, 0) is 37.6 Å². The number of ether oxygens (including phenoxy) is 1. The van der Waals surface area contributed by atoms with Gasteiger partial charge in [0.2, 0.25) is 0 Å². The fourth-order valence-corrected chi connectivity index (χ4v) is 1.86. The molecule has 0 amide bonds. The summed E-state index contributed by atoms with van der Waals surface area (Å²) in [4.78, 5) is 0. The molecule has 15 heavy (non-hydrogen) atoms. The molecule has 1 fully saturated rings. The molecule has 1 aromatic carbocycles. The van der Waals surface area contributed by atoms with Crippen molar-refractivity contribution in [1.82, 2.24) is 5.32 Å². The first-order chi connectivity index (χ1) is 7.28. The van der Waals surface area contributed by atoms with Crippen LogP contribution >= 0.6 is 11.6 Å². The zero-order valence-corrected chi connectivity index (χ0v) is 9.63. The van der Waals surface area contributed by atoms with Crippen LogP contribution in [-0.4, -0.2) is 19.2 Å². The highest BCUT2D eigenvalue weighted by molar-refractivity contribution is 6.30. The van der Waals surface area contributed by atoms with Crippen molar-refractivity contribution in [1.29, 1.82) is 0 Å². The van der Waals surface area contributed by atoms with Gasteiger partial charge in [-0.1, -0.05) is 23.7 Å². The van der Waals surface area contributed by atoms with Crippen LogP contribution in [0.25, 0.3) is 0 Å². The number of nitrogens with one attached hydrogen (secondary N) is 1. The molecule has 0 aliphatic heterocycles. The number of hydrogen-bond acceptors (Lipinski definition) is 2. The summed E-state index contributed by atoms with van der Waals surface area (Å²) < 4.78 is 5.75. The van der Waals surface area contributed by atoms with Gasteiger partial charge in [0.25, 0.3) is 0 Å². The summed E-state index contributed by atoms with van der Waals surface area (Å²) >= 11 is 5.80. The number of halogens is 1. The lowest BCUT2D eigenvalue weighted by molar-refractivity contribution is -0.0250. The van der Waals surface area contributed by atoms with E-state index in [1.165, 1.54) is 5.56 Å². The van der Waals surface area contributed by atoms with E-state index in [1.54, 1.807) is 0 Å². The maximum absolute atomic E-state index is 5.80. The SMILES string of the molecule is CNC1CC(OCc2ccc(Cl)cc2)C1. The van der Waals surface area contributed by atoms with E-state index in [0.717, 1.165) is 17.9 Å². The zero-order chi connectivity index (χ0) is 10.7. The molecule has 1 aliphatic carbocycles. The average Bonchev–Trinajstić information content (AvgIpc) is 2.19. The topological polar surface area (TPSA) is 21.3 Å². The molecular formula is C12H16ClNO. The second-order valence-corrected chi connectivity index (χ2v) is 4.45. The summed E-state index contributed by atoms with van der Waals surface area (Å²) in [5, 5.41) is 4.02. The summed E-state index contributed by atoms with van der Waals surface area (Å²) in [6.07, 6.45) is 2.69. The first-order valence-corrected chi connectivity index (χ1v) is 5.69. The Hall–Kier alpha value is -0.570. The van der Waals surface area contributed by atoms with Crippen LogP contribution < -0.4 is 5.32 Å². The molecule has 0 radical (unpaired) electrons. The highest BCUT2D eigenvalue weighted by Gasteiger charge is 2.28. The van der Waals surface area contributed by atoms with Crippen molar-refractivity contribution in [3.05, 3.63) is 34.9 Å². The van der Waals surface area contributed by atoms with Crippen molar-refractivity contribution in [3.63, 3.8) is 0 Å². The van der Waals surface area contributed by atoms with Crippen LogP contribution in [0.3, 0.4) is 0 Å². The van der Waals surface area contributed by atoms with Gasteiger partial charge in [-0.15, -0.1) is 0 Å². The smallest absolute Gasteiger partial charge is 0.0720 e. The molecule has 82 valence electrons. The van der Waals surface area contributed by atoms with Crippen molar-refractivity contribution >= 4 is 11.6 Å². The molecule has 0 heterocycles. The minimum absolute atomic E-state index is 0.429. The normalized spacial score (nSPS) is 24.9. The molecule has 0 saturated heterocycles. The second-order valence-electron chi connectivity index (χ2n) is 4.02. The van der Waals surface area contributed by atoms with Gasteiger partial charge in [0, 0.05) is 11.1 Å². The molecule has 0 spiro atoms. The van der Waals surface area contributed by atoms with Crippen LogP contribution in [-0.2, 0) is 11.3 Å². The highest BCUT2D eigenvalue weighted by Crippen LogP contribution is 2.24. The van der Waals surface area contributed by atoms with Crippen molar-refractivity contribution in [2.45, 2.75) is 31.6 Å². The first kappa shape index (κ1) is 10.9. The van der Waals surface area contributed by atoms with E-state index in [0.29, 0.717) is 18.8 Å². The third-order valence-electron chi connectivity index (χ3n) is 2.90. The Morgan fingerprint density at radius 2 is 2.00 bits per heavy atom. The van der Waals surface area contributed by atoms with Crippen LogP contribution in [0.2, 0.25) is 5.02 Å². The molecule has 0 aromatic heterocycles. The predicted molar refractivity (Wildman–Crippen MR) is 62.1 cm³/mol. The van der Waals surface area contributed by atoms with Crippen LogP contribution in [0.1, 0.15) is 18.4 Å². The van der Waals surface area contributed by atoms with E-state index < -0.39 is 0 Å². The third-order valence-corrected chi connectivity index (χ3v) is 3.15. The fourth-order valence-electron chi connectivity index (χ4n) is 1.73. The Labute approximate surface area is 95.6 Å². The monoisotopic (exact) mass is 225 g/mol. The van der Waals surface area contributed by atoms with Crippen molar-refractivity contribution < 1.29 is 4.74 Å². The predicted octanol–water partition coefficient (Wildman–Crippen LogP) is 2.61. The molecule has 1 N–H and O–H groups in total. The van der Waals surface area contributed by atoms with Crippen LogP contribution in [0, 0.1) is 0 Å². The first-order valence-electron chi connectivity index (χ1n) is 5.31. The van der Waals surface area contributed by atoms with Gasteiger partial charge >= 0.3 is 0 Å². The number of rotatable bonds is 4. The van der Waals surface area contributed by atoms with E-state index >= 15 is 0 Å². The van der Waals surface area contributed by atoms with Crippen LogP contribution in [0.5, 0.6) is 0 Å². The van der Waals surface area contributed by atoms with E-state index in [-0.39, 0.29) is 0 Å². The van der Waals surface area contributed by atoms with Crippen molar-refractivity contribution in [2.75, 3.05) is 7.05 Å². The molecule has 3 heteroatoms. The number of benzene rings is 1. The number of hydrogen-bond donors (Lipinski definition) is 1. The lowest BCUT2D eigenvalue weighted by Crippen LogP contribution is -2.43. The molecule has 0 bridgehead atoms. The summed E-state index contributed by atoms with van der Waals surface area (Å²) in [6.45, 7) is 0.693. The third kappa shape index (κ3) is 2.94. The van der Waals surface area contributed by atoms with E-state index in [1.807, 2.05) is 31.3 Å². The molecular weight excluding hydrogens is 210 g/mol. The lowest BCUT2D eigenvalue weighted by atomic mass is 9.89. The van der Waals surface area contributed by atoms with Gasteiger partial charge in [0.05, 0.1) is 12.7 Å². The standard InChI is InChI=1S/C12H16ClNO/c1-14-11-6-12(7-11)15-8-9-2-4-10(13)5-3-9/h2-5,11-12,14H,6-8H2,1H3. The average molecular weight is 226 g/mol. The van der Waals surface area contributed by atoms with Gasteiger partial charge in [0.15, 0.2) is 0 Å². The van der Waals surface area contributed by atoms with Gasteiger partial charge in [0.1, 0.15) is 0 Å². The van der Waals surface area contributed by atoms with Gasteiger partial charge < -0.3 is 10.1 Å². The van der Waals surface area contributed by atoms with E-state index in [9.17, 15) is 0 Å². The maximum Gasteiger partial charge on any atom is 0.0720 e. The summed E-state index contributed by atoms with van der Waals surface area (Å²) in [6, 6.07) is 8.47. The van der Waals surface area contributed by atoms with E-state index in [2.05, 4.69) is 5.32 Å². The summed E-state index contributed by atoms with van der Waals surface area (Å²) in [5.74, 6) is 0. The Bertz CT molecular complexity index is 306. The largest absolute Gasteiger partial charge is 0.373 e. The second kappa shape index (κ2) is 4.97. The van der Waals surface area contributed by atoms with Crippen molar-refractivity contribution in [2.24, 2.45) is 0 Å². The minimum Gasteiger partial charge on any atom is -0.373 e. The Morgan fingerprint density at radius 3 is 2.60 bits per heavy atom. The zero-order valence-electron chi connectivity index (χ0n) is 8.87. The Kier molecular flexibility index (Phi) is 3.62. The molecule has 2 nitrogen and oxygen atoms in total. The van der Waals surface area contributed by atoms with Crippen molar-refractivity contribution in [3.8, 4) is 0 Å². The van der Waals surface area contributed by atoms with Gasteiger partial charge in [-0.25, -0.2) is 0 Å². The Balaban J connectivity index is 1.72. The van der Waals surface area contributed by atoms with Gasteiger partial charge in [-0.2, -0.15) is 0 Å². The maximum atomic E-state index is 5.80. The summed E-state index contributed by atoms with van der Waals surface area (Å²) in [5.41, 5.74) is 1.19. The van der Waals surface area contributed by atoms with Crippen LogP contribution in [0.15, 0.2) is 24.3 Å². The minimum atomic E-state index is 0.429. The molecule has 1 saturated carbocycles. The Morgan fingerprint density at radius 1 is 1.33 bits per heavy atom. The molecule has 1 aliphatic rings. The summed E-state index contributed by atoms with van der Waals surface area (Å²) in [7, 11) is 2.00. The quantitative estimate of drug-likeness (QED) is 0.851. The fraction of sp³-hybridized carbons (Fsp3) is 0.500. The molecule has 0 unspecified atom stereocenters.